The lowest BCUT2D eigenvalue weighted by molar-refractivity contribution is -0.137. The third-order valence-corrected chi connectivity index (χ3v) is 8.48. The molecule has 0 radical (unpaired) electrons. The van der Waals surface area contributed by atoms with Gasteiger partial charge in [0.15, 0.2) is 5.78 Å². The molecule has 0 aliphatic carbocycles. The quantitative estimate of drug-likeness (QED) is 0.465. The van der Waals surface area contributed by atoms with Crippen LogP contribution >= 0.6 is 22.9 Å². The van der Waals surface area contributed by atoms with Crippen LogP contribution in [-0.2, 0) is 30.1 Å². The number of nitrogens with zero attached hydrogens (tertiary/aromatic N) is 2. The number of alkyl halides is 3. The lowest BCUT2D eigenvalue weighted by Gasteiger charge is -2.19. The second-order valence-corrected chi connectivity index (χ2v) is 10.7. The first-order valence-electron chi connectivity index (χ1n) is 10.3. The fourth-order valence-electron chi connectivity index (χ4n) is 3.84. The number of carbonyl (C=O) groups is 1. The number of nitrogens with one attached hydrogen (secondary N) is 3. The molecule has 0 spiro atoms. The standard InChI is InChI=1S/C21H17ClF3N5O2S2/c22-14-5-11-8-26-3-1-10(11)6-15(14)29-20-27-9-13(21(23,24)25)18(30-20)17-7-12-16(31)2-4-28-34(32)19(12)33-17/h5-7,9,26,28H,1-4,8H2,(H,27,29,30). The number of halogens is 4. The molecule has 0 saturated heterocycles. The molecule has 0 amide bonds. The largest absolute Gasteiger partial charge is 0.420 e. The first-order valence-corrected chi connectivity index (χ1v) is 12.6. The molecule has 34 heavy (non-hydrogen) atoms. The van der Waals surface area contributed by atoms with Crippen molar-refractivity contribution in [1.29, 1.82) is 0 Å². The van der Waals surface area contributed by atoms with Crippen LogP contribution in [0.1, 0.15) is 33.5 Å². The maximum Gasteiger partial charge on any atom is 0.420 e. The van der Waals surface area contributed by atoms with E-state index in [9.17, 15) is 22.2 Å². The number of rotatable bonds is 3. The van der Waals surface area contributed by atoms with Gasteiger partial charge in [-0.15, -0.1) is 11.3 Å². The summed E-state index contributed by atoms with van der Waals surface area (Å²) in [5.74, 6) is -0.361. The normalized spacial score (nSPS) is 18.2. The average molecular weight is 528 g/mol. The van der Waals surface area contributed by atoms with Gasteiger partial charge in [-0.1, -0.05) is 11.6 Å². The second-order valence-electron chi connectivity index (χ2n) is 7.75. The summed E-state index contributed by atoms with van der Waals surface area (Å²) in [4.78, 5) is 20.5. The van der Waals surface area contributed by atoms with Crippen molar-refractivity contribution in [3.8, 4) is 10.6 Å². The Labute approximate surface area is 203 Å². The van der Waals surface area contributed by atoms with E-state index >= 15 is 0 Å². The highest BCUT2D eigenvalue weighted by Gasteiger charge is 2.37. The van der Waals surface area contributed by atoms with Crippen LogP contribution in [0.25, 0.3) is 10.6 Å². The maximum absolute atomic E-state index is 13.8. The number of hydrogen-bond acceptors (Lipinski definition) is 7. The summed E-state index contributed by atoms with van der Waals surface area (Å²) in [6, 6.07) is 4.98. The lowest BCUT2D eigenvalue weighted by atomic mass is 10.0. The van der Waals surface area contributed by atoms with E-state index in [1.54, 1.807) is 6.07 Å². The number of ketones is 1. The monoisotopic (exact) mass is 527 g/mol. The zero-order chi connectivity index (χ0) is 24.0. The fourth-order valence-corrected chi connectivity index (χ4v) is 6.52. The molecule has 2 aliphatic heterocycles. The first kappa shape index (κ1) is 23.4. The van der Waals surface area contributed by atoms with E-state index in [1.165, 1.54) is 6.07 Å². The van der Waals surface area contributed by atoms with Gasteiger partial charge in [0, 0.05) is 31.3 Å². The molecule has 1 atom stereocenters. The van der Waals surface area contributed by atoms with Crippen LogP contribution in [0.3, 0.4) is 0 Å². The summed E-state index contributed by atoms with van der Waals surface area (Å²) in [5, 5.41) is 6.57. The van der Waals surface area contributed by atoms with E-state index in [2.05, 4.69) is 25.3 Å². The summed E-state index contributed by atoms with van der Waals surface area (Å²) in [7, 11) is -1.69. The minimum Gasteiger partial charge on any atom is -0.323 e. The Balaban J connectivity index is 1.57. The van der Waals surface area contributed by atoms with Crippen molar-refractivity contribution in [3.05, 3.63) is 51.7 Å². The van der Waals surface area contributed by atoms with E-state index in [4.69, 9.17) is 11.6 Å². The molecule has 178 valence electrons. The van der Waals surface area contributed by atoms with Gasteiger partial charge in [-0.25, -0.2) is 18.9 Å². The number of fused-ring (bicyclic) bond motifs is 2. The Bertz CT molecular complexity index is 1290. The third kappa shape index (κ3) is 4.48. The Kier molecular flexibility index (Phi) is 6.19. The number of benzene rings is 1. The molecule has 1 unspecified atom stereocenters. The SMILES string of the molecule is O=C1CCNS(=O)c2sc(-c3nc(Nc4cc5c(cc4Cl)CNCC5)ncc3C(F)(F)F)cc21. The van der Waals surface area contributed by atoms with Gasteiger partial charge in [0.2, 0.25) is 5.95 Å². The van der Waals surface area contributed by atoms with Crippen LogP contribution in [0.15, 0.2) is 28.6 Å². The number of carbonyl (C=O) groups excluding carboxylic acids is 1. The average Bonchev–Trinajstić information content (AvgIpc) is 3.19. The molecule has 0 bridgehead atoms. The number of anilines is 2. The minimum absolute atomic E-state index is 0.0760. The molecule has 7 nitrogen and oxygen atoms in total. The van der Waals surface area contributed by atoms with Gasteiger partial charge in [-0.2, -0.15) is 13.2 Å². The van der Waals surface area contributed by atoms with Crippen molar-refractivity contribution in [2.75, 3.05) is 18.4 Å². The number of aromatic nitrogens is 2. The zero-order valence-corrected chi connectivity index (χ0v) is 19.8. The molecule has 2 aromatic heterocycles. The highest BCUT2D eigenvalue weighted by atomic mass is 35.5. The molecule has 5 rings (SSSR count). The van der Waals surface area contributed by atoms with Crippen molar-refractivity contribution in [2.45, 2.75) is 29.8 Å². The smallest absolute Gasteiger partial charge is 0.323 e. The van der Waals surface area contributed by atoms with Crippen molar-refractivity contribution in [1.82, 2.24) is 20.0 Å². The maximum atomic E-state index is 13.8. The molecule has 1 aromatic carbocycles. The fraction of sp³-hybridized carbons (Fsp3) is 0.286. The van der Waals surface area contributed by atoms with Crippen molar-refractivity contribution in [3.63, 3.8) is 0 Å². The molecule has 3 N–H and O–H groups in total. The van der Waals surface area contributed by atoms with Gasteiger partial charge in [0.1, 0.15) is 20.8 Å². The Morgan fingerprint density at radius 2 is 1.97 bits per heavy atom. The topological polar surface area (TPSA) is 96.0 Å². The van der Waals surface area contributed by atoms with Crippen LogP contribution < -0.4 is 15.4 Å². The van der Waals surface area contributed by atoms with Crippen LogP contribution in [0.2, 0.25) is 5.02 Å². The van der Waals surface area contributed by atoms with Crippen LogP contribution in [0.5, 0.6) is 0 Å². The van der Waals surface area contributed by atoms with Gasteiger partial charge in [-0.3, -0.25) is 4.79 Å². The van der Waals surface area contributed by atoms with Crippen molar-refractivity contribution < 1.29 is 22.2 Å². The molecule has 0 saturated carbocycles. The van der Waals surface area contributed by atoms with E-state index in [0.717, 1.165) is 35.4 Å². The second kappa shape index (κ2) is 9.00. The van der Waals surface area contributed by atoms with Gasteiger partial charge in [0.25, 0.3) is 0 Å². The summed E-state index contributed by atoms with van der Waals surface area (Å²) >= 11 is 7.23. The Morgan fingerprint density at radius 3 is 2.76 bits per heavy atom. The summed E-state index contributed by atoms with van der Waals surface area (Å²) < 4.78 is 56.6. The van der Waals surface area contributed by atoms with Gasteiger partial charge in [0.05, 0.1) is 21.3 Å². The van der Waals surface area contributed by atoms with Crippen molar-refractivity contribution >= 4 is 51.3 Å². The molecule has 4 heterocycles. The van der Waals surface area contributed by atoms with Gasteiger partial charge in [-0.05, 0) is 42.3 Å². The highest BCUT2D eigenvalue weighted by Crippen LogP contribution is 2.41. The zero-order valence-electron chi connectivity index (χ0n) is 17.4. The van der Waals surface area contributed by atoms with Crippen LogP contribution in [0, 0.1) is 0 Å². The molecule has 0 fully saturated rings. The van der Waals surface area contributed by atoms with Gasteiger partial charge < -0.3 is 10.6 Å². The van der Waals surface area contributed by atoms with Crippen LogP contribution in [-0.4, -0.2) is 33.0 Å². The van der Waals surface area contributed by atoms with Crippen molar-refractivity contribution in [2.24, 2.45) is 0 Å². The van der Waals surface area contributed by atoms with E-state index in [0.29, 0.717) is 23.5 Å². The minimum atomic E-state index is -4.73. The summed E-state index contributed by atoms with van der Waals surface area (Å²) in [6.07, 6.45) is -3.14. The molecule has 3 aromatic rings. The first-order chi connectivity index (χ1) is 16.2. The lowest BCUT2D eigenvalue weighted by Crippen LogP contribution is -2.23. The summed E-state index contributed by atoms with van der Waals surface area (Å²) in [6.45, 7) is 1.73. The predicted octanol–water partition coefficient (Wildman–Crippen LogP) is 4.47. The number of hydrogen-bond donors (Lipinski definition) is 3. The molecular formula is C21H17ClF3N5O2S2. The van der Waals surface area contributed by atoms with E-state index in [-0.39, 0.29) is 39.3 Å². The van der Waals surface area contributed by atoms with E-state index < -0.39 is 28.4 Å². The Hall–Kier alpha value is -2.38. The molecular weight excluding hydrogens is 511 g/mol. The van der Waals surface area contributed by atoms with E-state index in [1.807, 2.05) is 6.07 Å². The van der Waals surface area contributed by atoms with Crippen LogP contribution in [0.4, 0.5) is 24.8 Å². The predicted molar refractivity (Wildman–Crippen MR) is 124 cm³/mol. The Morgan fingerprint density at radius 1 is 1.15 bits per heavy atom. The van der Waals surface area contributed by atoms with Gasteiger partial charge >= 0.3 is 6.18 Å². The number of thiophene rings is 1. The third-order valence-electron chi connectivity index (χ3n) is 5.50. The molecule has 2 aliphatic rings. The highest BCUT2D eigenvalue weighted by molar-refractivity contribution is 7.85. The molecule has 13 heteroatoms. The summed E-state index contributed by atoms with van der Waals surface area (Å²) in [5.41, 5.74) is 1.32. The number of Topliss-reactive ketones (excluding diaryl/α,β-unsaturated/α-hetero) is 1.